The molecule has 0 bridgehead atoms. The summed E-state index contributed by atoms with van der Waals surface area (Å²) < 4.78 is 12.3. The lowest BCUT2D eigenvalue weighted by Gasteiger charge is -2.23. The van der Waals surface area contributed by atoms with Crippen molar-refractivity contribution < 1.29 is 8.85 Å². The Morgan fingerprint density at radius 1 is 0.455 bits per heavy atom. The zero-order chi connectivity index (χ0) is 24.3. The van der Waals surface area contributed by atoms with Crippen molar-refractivity contribution in [2.45, 2.75) is 168 Å². The molecule has 0 heterocycles. The third-order valence-corrected chi connectivity index (χ3v) is 8.19. The lowest BCUT2D eigenvalue weighted by molar-refractivity contribution is 0.172. The highest BCUT2D eigenvalue weighted by Gasteiger charge is 2.23. The average molecular weight is 481 g/mol. The van der Waals surface area contributed by atoms with Crippen LogP contribution in [-0.2, 0) is 8.85 Å². The summed E-state index contributed by atoms with van der Waals surface area (Å²) in [6.07, 6.45) is 29.4. The van der Waals surface area contributed by atoms with Gasteiger partial charge in [0, 0.05) is 26.1 Å². The van der Waals surface area contributed by atoms with Crippen LogP contribution in [0.2, 0.25) is 13.1 Å². The first-order valence-corrected chi connectivity index (χ1v) is 17.7. The fourth-order valence-electron chi connectivity index (χ4n) is 4.21. The maximum absolute atomic E-state index is 6.13. The van der Waals surface area contributed by atoms with Gasteiger partial charge in [0.15, 0.2) is 0 Å². The van der Waals surface area contributed by atoms with Crippen LogP contribution in [0, 0.1) is 11.8 Å². The molecule has 3 heteroatoms. The Bertz CT molecular complexity index is 438. The number of hydrogen-bond acceptors (Lipinski definition) is 2. The van der Waals surface area contributed by atoms with E-state index < -0.39 is 8.56 Å². The van der Waals surface area contributed by atoms with Gasteiger partial charge in [0.05, 0.1) is 0 Å². The van der Waals surface area contributed by atoms with Crippen molar-refractivity contribution in [3.8, 4) is 11.8 Å². The van der Waals surface area contributed by atoms with Gasteiger partial charge in [-0.2, -0.15) is 0 Å². The summed E-state index contributed by atoms with van der Waals surface area (Å²) >= 11 is 0. The van der Waals surface area contributed by atoms with Gasteiger partial charge in [0.1, 0.15) is 0 Å². The molecule has 0 unspecified atom stereocenters. The summed E-state index contributed by atoms with van der Waals surface area (Å²) in [7, 11) is -1.92. The molecule has 0 saturated carbocycles. The lowest BCUT2D eigenvalue weighted by Crippen LogP contribution is -2.35. The topological polar surface area (TPSA) is 18.5 Å². The van der Waals surface area contributed by atoms with E-state index >= 15 is 0 Å². The van der Waals surface area contributed by atoms with Gasteiger partial charge >= 0.3 is 8.56 Å². The van der Waals surface area contributed by atoms with Crippen molar-refractivity contribution in [1.82, 2.24) is 0 Å². The Morgan fingerprint density at radius 2 is 0.818 bits per heavy atom. The predicted molar refractivity (Wildman–Crippen MR) is 150 cm³/mol. The van der Waals surface area contributed by atoms with Crippen LogP contribution in [0.4, 0.5) is 0 Å². The second kappa shape index (κ2) is 26.3. The molecule has 0 N–H and O–H groups in total. The summed E-state index contributed by atoms with van der Waals surface area (Å²) in [5.74, 6) is 6.38. The zero-order valence-corrected chi connectivity index (χ0v) is 24.3. The van der Waals surface area contributed by atoms with Gasteiger partial charge in [-0.05, 0) is 32.4 Å². The Morgan fingerprint density at radius 3 is 1.21 bits per heavy atom. The van der Waals surface area contributed by atoms with Crippen LogP contribution < -0.4 is 0 Å². The second-order valence-electron chi connectivity index (χ2n) is 10.3. The molecule has 0 aliphatic heterocycles. The van der Waals surface area contributed by atoms with Gasteiger partial charge in [-0.15, -0.1) is 11.8 Å². The van der Waals surface area contributed by atoms with Gasteiger partial charge in [-0.3, -0.25) is 0 Å². The minimum Gasteiger partial charge on any atom is -0.395 e. The van der Waals surface area contributed by atoms with Crippen LogP contribution in [0.25, 0.3) is 0 Å². The molecule has 0 atom stereocenters. The zero-order valence-electron chi connectivity index (χ0n) is 23.3. The molecule has 0 aromatic heterocycles. The minimum absolute atomic E-state index is 0.875. The molecule has 0 spiro atoms. The Hall–Kier alpha value is -0.303. The van der Waals surface area contributed by atoms with Crippen LogP contribution in [-0.4, -0.2) is 21.8 Å². The largest absolute Gasteiger partial charge is 0.395 e. The first-order chi connectivity index (χ1) is 16.1. The normalized spacial score (nSPS) is 11.5. The third-order valence-electron chi connectivity index (χ3n) is 6.40. The van der Waals surface area contributed by atoms with Gasteiger partial charge in [0.25, 0.3) is 0 Å². The molecule has 2 nitrogen and oxygen atoms in total. The molecule has 33 heavy (non-hydrogen) atoms. The van der Waals surface area contributed by atoms with Crippen molar-refractivity contribution in [2.24, 2.45) is 0 Å². The highest BCUT2D eigenvalue weighted by atomic mass is 28.4. The van der Waals surface area contributed by atoms with Crippen molar-refractivity contribution in [2.75, 3.05) is 13.2 Å². The van der Waals surface area contributed by atoms with Crippen molar-refractivity contribution in [3.05, 3.63) is 0 Å². The van der Waals surface area contributed by atoms with E-state index in [1.165, 1.54) is 128 Å². The van der Waals surface area contributed by atoms with Crippen molar-refractivity contribution in [3.63, 3.8) is 0 Å². The molecular formula is C30H60O2Si. The van der Waals surface area contributed by atoms with Crippen LogP contribution in [0.15, 0.2) is 0 Å². The predicted octanol–water partition coefficient (Wildman–Crippen LogP) is 10.3. The summed E-state index contributed by atoms with van der Waals surface area (Å²) in [6.45, 7) is 10.6. The third kappa shape index (κ3) is 27.8. The van der Waals surface area contributed by atoms with Crippen LogP contribution in [0.5, 0.6) is 0 Å². The maximum atomic E-state index is 6.13. The van der Waals surface area contributed by atoms with Crippen molar-refractivity contribution >= 4 is 8.56 Å². The first kappa shape index (κ1) is 32.7. The average Bonchev–Trinajstić information content (AvgIpc) is 2.80. The molecular weight excluding hydrogens is 420 g/mol. The van der Waals surface area contributed by atoms with Gasteiger partial charge < -0.3 is 8.85 Å². The fraction of sp³-hybridized carbons (Fsp3) is 0.933. The molecule has 0 aromatic rings. The molecule has 0 aliphatic carbocycles. The van der Waals surface area contributed by atoms with Crippen LogP contribution in [0.3, 0.4) is 0 Å². The quantitative estimate of drug-likeness (QED) is 0.0734. The molecule has 0 radical (unpaired) electrons. The molecule has 196 valence electrons. The summed E-state index contributed by atoms with van der Waals surface area (Å²) in [4.78, 5) is 0. The Kier molecular flexibility index (Phi) is 26.1. The van der Waals surface area contributed by atoms with Crippen LogP contribution in [0.1, 0.15) is 155 Å². The van der Waals surface area contributed by atoms with Gasteiger partial charge in [-0.25, -0.2) is 0 Å². The van der Waals surface area contributed by atoms with E-state index in [-0.39, 0.29) is 0 Å². The SMILES string of the molecule is CCC#CCCCCCCCCO[Si](C)(C)OCCCCCCCCCCCCCCCC. The minimum atomic E-state index is -1.92. The Balaban J connectivity index is 3.30. The Labute approximate surface area is 210 Å². The molecule has 0 amide bonds. The summed E-state index contributed by atoms with van der Waals surface area (Å²) in [5, 5.41) is 0. The van der Waals surface area contributed by atoms with E-state index in [4.69, 9.17) is 8.85 Å². The molecule has 0 saturated heterocycles. The standard InChI is InChI=1S/C30H60O2Si/c1-5-7-9-11-13-15-17-18-19-20-22-24-26-28-30-32-33(3,4)31-29-27-25-23-21-16-14-12-10-8-6-2/h5-7,9,11-30H2,1-4H3. The smallest absolute Gasteiger partial charge is 0.331 e. The molecule has 0 aromatic carbocycles. The highest BCUT2D eigenvalue weighted by molar-refractivity contribution is 6.64. The molecule has 0 aliphatic rings. The first-order valence-electron chi connectivity index (χ1n) is 14.9. The lowest BCUT2D eigenvalue weighted by atomic mass is 10.0. The van der Waals surface area contributed by atoms with E-state index in [0.29, 0.717) is 0 Å². The van der Waals surface area contributed by atoms with E-state index in [2.05, 4.69) is 38.8 Å². The second-order valence-corrected chi connectivity index (χ2v) is 13.6. The highest BCUT2D eigenvalue weighted by Crippen LogP contribution is 2.14. The number of rotatable bonds is 25. The fourth-order valence-corrected chi connectivity index (χ4v) is 5.57. The van der Waals surface area contributed by atoms with E-state index in [1.807, 2.05) is 0 Å². The number of hydrogen-bond donors (Lipinski definition) is 0. The van der Waals surface area contributed by atoms with E-state index in [1.54, 1.807) is 0 Å². The van der Waals surface area contributed by atoms with Crippen molar-refractivity contribution in [1.29, 1.82) is 0 Å². The monoisotopic (exact) mass is 480 g/mol. The summed E-state index contributed by atoms with van der Waals surface area (Å²) in [6, 6.07) is 0. The summed E-state index contributed by atoms with van der Waals surface area (Å²) in [5.41, 5.74) is 0. The number of unbranched alkanes of at least 4 members (excludes halogenated alkanes) is 19. The van der Waals surface area contributed by atoms with E-state index in [9.17, 15) is 0 Å². The van der Waals surface area contributed by atoms with Gasteiger partial charge in [-0.1, -0.05) is 123 Å². The van der Waals surface area contributed by atoms with Crippen LogP contribution >= 0.6 is 0 Å². The van der Waals surface area contributed by atoms with Gasteiger partial charge in [0.2, 0.25) is 0 Å². The maximum Gasteiger partial charge on any atom is 0.331 e. The molecule has 0 rings (SSSR count). The van der Waals surface area contributed by atoms with E-state index in [0.717, 1.165) is 26.1 Å². The molecule has 0 fully saturated rings.